The number of carbonyl (C=O) groups excluding carboxylic acids is 1. The lowest BCUT2D eigenvalue weighted by atomic mass is 10.1. The molecular formula is C21H23N3O3S2. The fourth-order valence-electron chi connectivity index (χ4n) is 3.46. The molecule has 152 valence electrons. The summed E-state index contributed by atoms with van der Waals surface area (Å²) >= 11 is 3.43. The molecule has 1 aliphatic rings. The van der Waals surface area contributed by atoms with Gasteiger partial charge in [0.1, 0.15) is 11.5 Å². The van der Waals surface area contributed by atoms with E-state index in [0.717, 1.165) is 23.7 Å². The van der Waals surface area contributed by atoms with Crippen molar-refractivity contribution >= 4 is 44.4 Å². The number of aromatic nitrogens is 1. The van der Waals surface area contributed by atoms with Gasteiger partial charge in [0.15, 0.2) is 5.13 Å². The number of para-hydroxylation sites is 1. The molecule has 2 aromatic carbocycles. The number of amides is 1. The monoisotopic (exact) mass is 429 g/mol. The maximum Gasteiger partial charge on any atom is 0.257 e. The topological polar surface area (TPSA) is 54.9 Å². The predicted molar refractivity (Wildman–Crippen MR) is 119 cm³/mol. The van der Waals surface area contributed by atoms with Crippen molar-refractivity contribution < 1.29 is 14.3 Å². The van der Waals surface area contributed by atoms with E-state index in [4.69, 9.17) is 14.5 Å². The second-order valence-corrected chi connectivity index (χ2v) is 8.51. The zero-order chi connectivity index (χ0) is 20.4. The third-order valence-corrected chi connectivity index (χ3v) is 6.92. The third kappa shape index (κ3) is 3.86. The van der Waals surface area contributed by atoms with Crippen LogP contribution in [0.3, 0.4) is 0 Å². The largest absolute Gasteiger partial charge is 0.497 e. The zero-order valence-electron chi connectivity index (χ0n) is 16.7. The van der Waals surface area contributed by atoms with Crippen LogP contribution in [-0.2, 0) is 0 Å². The van der Waals surface area contributed by atoms with Crippen LogP contribution in [0.25, 0.3) is 10.2 Å². The summed E-state index contributed by atoms with van der Waals surface area (Å²) in [6, 6.07) is 11.6. The molecule has 1 saturated heterocycles. The number of fused-ring (bicyclic) bond motifs is 1. The summed E-state index contributed by atoms with van der Waals surface area (Å²) in [5.74, 6) is 1.18. The number of thioether (sulfide) groups is 1. The lowest BCUT2D eigenvalue weighted by Crippen LogP contribution is -2.48. The molecule has 1 aromatic heterocycles. The highest BCUT2D eigenvalue weighted by molar-refractivity contribution is 7.98. The van der Waals surface area contributed by atoms with Crippen LogP contribution in [0.5, 0.6) is 11.5 Å². The van der Waals surface area contributed by atoms with Crippen molar-refractivity contribution in [2.24, 2.45) is 0 Å². The maximum atomic E-state index is 13.1. The normalized spacial score (nSPS) is 14.3. The molecule has 29 heavy (non-hydrogen) atoms. The van der Waals surface area contributed by atoms with E-state index in [0.29, 0.717) is 30.2 Å². The van der Waals surface area contributed by atoms with Crippen molar-refractivity contribution in [3.8, 4) is 11.5 Å². The van der Waals surface area contributed by atoms with Crippen LogP contribution < -0.4 is 14.4 Å². The fraction of sp³-hybridized carbons (Fsp3) is 0.333. The van der Waals surface area contributed by atoms with Gasteiger partial charge in [-0.15, -0.1) is 11.8 Å². The first kappa shape index (κ1) is 19.8. The van der Waals surface area contributed by atoms with Crippen LogP contribution in [0.1, 0.15) is 10.4 Å². The average Bonchev–Trinajstić information content (AvgIpc) is 3.22. The minimum absolute atomic E-state index is 0.0330. The standard InChI is InChI=1S/C21H23N3O3S2/c1-26-14-7-8-16(27-2)15(13-14)20(25)23-9-11-24(12-10-23)21-22-19-17(28-3)5-4-6-18(19)29-21/h4-8,13H,9-12H2,1-3H3. The van der Waals surface area contributed by atoms with Gasteiger partial charge in [-0.2, -0.15) is 0 Å². The van der Waals surface area contributed by atoms with Crippen molar-refractivity contribution in [3.63, 3.8) is 0 Å². The van der Waals surface area contributed by atoms with E-state index >= 15 is 0 Å². The Morgan fingerprint density at radius 1 is 1.10 bits per heavy atom. The number of methoxy groups -OCH3 is 2. The average molecular weight is 430 g/mol. The second-order valence-electron chi connectivity index (χ2n) is 6.65. The number of hydrogen-bond acceptors (Lipinski definition) is 7. The highest BCUT2D eigenvalue weighted by atomic mass is 32.2. The molecular weight excluding hydrogens is 406 g/mol. The maximum absolute atomic E-state index is 13.1. The van der Waals surface area contributed by atoms with Crippen LogP contribution in [0.4, 0.5) is 5.13 Å². The van der Waals surface area contributed by atoms with Gasteiger partial charge in [0.2, 0.25) is 0 Å². The zero-order valence-corrected chi connectivity index (χ0v) is 18.3. The lowest BCUT2D eigenvalue weighted by Gasteiger charge is -2.34. The highest BCUT2D eigenvalue weighted by Crippen LogP contribution is 2.34. The molecule has 0 radical (unpaired) electrons. The van der Waals surface area contributed by atoms with Crippen LogP contribution in [0, 0.1) is 0 Å². The molecule has 1 amide bonds. The van der Waals surface area contributed by atoms with Gasteiger partial charge in [-0.05, 0) is 36.6 Å². The Labute approximate surface area is 178 Å². The quantitative estimate of drug-likeness (QED) is 0.572. The van der Waals surface area contributed by atoms with E-state index in [1.54, 1.807) is 55.5 Å². The van der Waals surface area contributed by atoms with Gasteiger partial charge in [0.05, 0.1) is 30.0 Å². The van der Waals surface area contributed by atoms with Crippen molar-refractivity contribution in [1.29, 1.82) is 0 Å². The Bertz CT molecular complexity index is 1030. The van der Waals surface area contributed by atoms with Crippen LogP contribution in [-0.4, -0.2) is 62.4 Å². The Balaban J connectivity index is 1.49. The number of ether oxygens (including phenoxy) is 2. The molecule has 0 N–H and O–H groups in total. The number of anilines is 1. The van der Waals surface area contributed by atoms with Crippen LogP contribution >= 0.6 is 23.1 Å². The Morgan fingerprint density at radius 2 is 1.90 bits per heavy atom. The number of thiazole rings is 1. The van der Waals surface area contributed by atoms with Crippen molar-refractivity contribution in [3.05, 3.63) is 42.0 Å². The fourth-order valence-corrected chi connectivity index (χ4v) is 5.14. The predicted octanol–water partition coefficient (Wildman–Crippen LogP) is 4.00. The molecule has 0 spiro atoms. The van der Waals surface area contributed by atoms with E-state index in [-0.39, 0.29) is 5.91 Å². The first-order chi connectivity index (χ1) is 14.1. The van der Waals surface area contributed by atoms with E-state index in [1.165, 1.54) is 9.60 Å². The highest BCUT2D eigenvalue weighted by Gasteiger charge is 2.26. The Morgan fingerprint density at radius 3 is 2.59 bits per heavy atom. The molecule has 0 atom stereocenters. The molecule has 4 rings (SSSR count). The number of benzene rings is 2. The first-order valence-corrected chi connectivity index (χ1v) is 11.4. The second kappa shape index (κ2) is 8.51. The minimum Gasteiger partial charge on any atom is -0.497 e. The summed E-state index contributed by atoms with van der Waals surface area (Å²) in [6.07, 6.45) is 2.07. The molecule has 1 aliphatic heterocycles. The summed E-state index contributed by atoms with van der Waals surface area (Å²) in [5.41, 5.74) is 1.60. The van der Waals surface area contributed by atoms with Gasteiger partial charge in [-0.3, -0.25) is 4.79 Å². The molecule has 0 saturated carbocycles. The smallest absolute Gasteiger partial charge is 0.257 e. The molecule has 3 aromatic rings. The number of nitrogens with zero attached hydrogens (tertiary/aromatic N) is 3. The van der Waals surface area contributed by atoms with Gasteiger partial charge in [0.25, 0.3) is 5.91 Å². The Hall–Kier alpha value is -2.45. The van der Waals surface area contributed by atoms with Gasteiger partial charge >= 0.3 is 0 Å². The minimum atomic E-state index is -0.0330. The number of hydrogen-bond donors (Lipinski definition) is 0. The number of carbonyl (C=O) groups is 1. The van der Waals surface area contributed by atoms with Gasteiger partial charge < -0.3 is 19.3 Å². The van der Waals surface area contributed by atoms with Crippen molar-refractivity contribution in [1.82, 2.24) is 9.88 Å². The Kier molecular flexibility index (Phi) is 5.82. The summed E-state index contributed by atoms with van der Waals surface area (Å²) in [6.45, 7) is 2.80. The third-order valence-electron chi connectivity index (χ3n) is 5.07. The first-order valence-electron chi connectivity index (χ1n) is 9.34. The van der Waals surface area contributed by atoms with Gasteiger partial charge in [-0.1, -0.05) is 17.4 Å². The number of rotatable bonds is 5. The summed E-state index contributed by atoms with van der Waals surface area (Å²) in [7, 11) is 3.17. The molecule has 0 bridgehead atoms. The summed E-state index contributed by atoms with van der Waals surface area (Å²) in [5, 5.41) is 1.02. The van der Waals surface area contributed by atoms with E-state index in [9.17, 15) is 4.79 Å². The van der Waals surface area contributed by atoms with Crippen LogP contribution in [0.2, 0.25) is 0 Å². The molecule has 1 fully saturated rings. The van der Waals surface area contributed by atoms with Gasteiger partial charge in [0, 0.05) is 31.1 Å². The SMILES string of the molecule is COc1ccc(OC)c(C(=O)N2CCN(c3nc4c(SC)cccc4s3)CC2)c1. The van der Waals surface area contributed by atoms with E-state index in [2.05, 4.69) is 29.4 Å². The van der Waals surface area contributed by atoms with E-state index in [1.807, 2.05) is 4.90 Å². The van der Waals surface area contributed by atoms with E-state index < -0.39 is 0 Å². The molecule has 8 heteroatoms. The summed E-state index contributed by atoms with van der Waals surface area (Å²) in [4.78, 5) is 23.3. The number of piperazine rings is 1. The van der Waals surface area contributed by atoms with Crippen molar-refractivity contribution in [2.45, 2.75) is 4.90 Å². The van der Waals surface area contributed by atoms with Crippen molar-refractivity contribution in [2.75, 3.05) is 51.6 Å². The lowest BCUT2D eigenvalue weighted by molar-refractivity contribution is 0.0743. The molecule has 2 heterocycles. The van der Waals surface area contributed by atoms with Gasteiger partial charge in [-0.25, -0.2) is 4.98 Å². The summed E-state index contributed by atoms with van der Waals surface area (Å²) < 4.78 is 11.9. The molecule has 6 nitrogen and oxygen atoms in total. The molecule has 0 unspecified atom stereocenters. The van der Waals surface area contributed by atoms with Crippen LogP contribution in [0.15, 0.2) is 41.3 Å². The molecule has 0 aliphatic carbocycles.